The lowest BCUT2D eigenvalue weighted by atomic mass is 10.2. The fraction of sp³-hybridized carbons (Fsp3) is 0.308. The van der Waals surface area contributed by atoms with Crippen LogP contribution in [-0.2, 0) is 9.53 Å². The van der Waals surface area contributed by atoms with Crippen LogP contribution in [0.15, 0.2) is 35.5 Å². The van der Waals surface area contributed by atoms with Crippen molar-refractivity contribution >= 4 is 12.0 Å². The first-order valence-corrected chi connectivity index (χ1v) is 5.82. The number of hydrogen-bond donors (Lipinski definition) is 0. The van der Waals surface area contributed by atoms with Crippen molar-refractivity contribution in [2.24, 2.45) is 5.11 Å². The summed E-state index contributed by atoms with van der Waals surface area (Å²) in [6.45, 7) is 2.31. The maximum atomic E-state index is 11.1. The van der Waals surface area contributed by atoms with Gasteiger partial charge in [-0.2, -0.15) is 0 Å². The number of carbonyl (C=O) groups excluding carboxylic acids is 1. The smallest absolute Gasteiger partial charge is 0.344 e. The molecule has 1 rings (SSSR count). The summed E-state index contributed by atoms with van der Waals surface area (Å²) in [5, 5.41) is 3.39. The summed E-state index contributed by atoms with van der Waals surface area (Å²) in [6.07, 6.45) is 3.60. The highest BCUT2D eigenvalue weighted by Crippen LogP contribution is 2.13. The zero-order valence-electron chi connectivity index (χ0n) is 10.7. The van der Waals surface area contributed by atoms with E-state index in [1.165, 1.54) is 0 Å². The topological polar surface area (TPSA) is 84.3 Å². The molecule has 0 aliphatic heterocycles. The van der Waals surface area contributed by atoms with Gasteiger partial charge in [-0.15, -0.1) is 0 Å². The molecule has 0 aromatic heterocycles. The Morgan fingerprint density at radius 1 is 1.42 bits per heavy atom. The highest BCUT2D eigenvalue weighted by atomic mass is 16.6. The summed E-state index contributed by atoms with van der Waals surface area (Å²) in [5.41, 5.74) is 9.07. The molecule has 0 spiro atoms. The molecule has 0 bridgehead atoms. The number of ether oxygens (including phenoxy) is 2. The number of hydrogen-bond acceptors (Lipinski definition) is 4. The molecule has 100 valence electrons. The molecule has 0 radical (unpaired) electrons. The lowest BCUT2D eigenvalue weighted by Gasteiger charge is -2.05. The monoisotopic (exact) mass is 261 g/mol. The second kappa shape index (κ2) is 8.60. The van der Waals surface area contributed by atoms with Crippen LogP contribution >= 0.6 is 0 Å². The summed E-state index contributed by atoms with van der Waals surface area (Å²) in [6, 6.07) is 7.19. The first kappa shape index (κ1) is 14.6. The Bertz CT molecular complexity index is 476. The fourth-order valence-electron chi connectivity index (χ4n) is 1.29. The van der Waals surface area contributed by atoms with Crippen LogP contribution in [0.5, 0.6) is 5.75 Å². The molecule has 1 aromatic carbocycles. The summed E-state index contributed by atoms with van der Waals surface area (Å²) >= 11 is 0. The van der Waals surface area contributed by atoms with Gasteiger partial charge in [0, 0.05) is 11.5 Å². The number of rotatable bonds is 7. The molecule has 0 heterocycles. The van der Waals surface area contributed by atoms with E-state index in [0.29, 0.717) is 18.9 Å². The largest absolute Gasteiger partial charge is 0.482 e. The lowest BCUT2D eigenvalue weighted by molar-refractivity contribution is -0.145. The van der Waals surface area contributed by atoms with Gasteiger partial charge in [0.15, 0.2) is 6.61 Å². The maximum Gasteiger partial charge on any atom is 0.344 e. The van der Waals surface area contributed by atoms with Gasteiger partial charge < -0.3 is 9.47 Å². The molecule has 0 amide bonds. The Hall–Kier alpha value is -2.46. The van der Waals surface area contributed by atoms with Crippen LogP contribution in [0.2, 0.25) is 0 Å². The van der Waals surface area contributed by atoms with Crippen LogP contribution in [0.3, 0.4) is 0 Å². The van der Waals surface area contributed by atoms with E-state index in [4.69, 9.17) is 15.0 Å². The zero-order chi connectivity index (χ0) is 13.9. The molecule has 0 fully saturated rings. The molecule has 6 nitrogen and oxygen atoms in total. The summed E-state index contributed by atoms with van der Waals surface area (Å²) in [4.78, 5) is 13.7. The highest BCUT2D eigenvalue weighted by molar-refractivity contribution is 5.71. The van der Waals surface area contributed by atoms with Gasteiger partial charge >= 0.3 is 5.97 Å². The second-order valence-electron chi connectivity index (χ2n) is 3.48. The Balaban J connectivity index is 2.45. The SMILES string of the molecule is CCOC(=O)COc1ccc(C=CCN=[N+]=[N-])cc1. The standard InChI is InChI=1S/C13H15N3O3/c1-2-18-13(17)10-19-12-7-5-11(6-8-12)4-3-9-15-16-14/h3-8H,2,9-10H2,1H3. The molecule has 19 heavy (non-hydrogen) atoms. The summed E-state index contributed by atoms with van der Waals surface area (Å²) < 4.78 is 10.0. The molecule has 0 unspecified atom stereocenters. The van der Waals surface area contributed by atoms with Crippen molar-refractivity contribution < 1.29 is 14.3 Å². The molecule has 0 N–H and O–H groups in total. The van der Waals surface area contributed by atoms with Crippen LogP contribution in [0.4, 0.5) is 0 Å². The van der Waals surface area contributed by atoms with Gasteiger partial charge in [0.2, 0.25) is 0 Å². The average molecular weight is 261 g/mol. The third-order valence-corrected chi connectivity index (χ3v) is 2.10. The van der Waals surface area contributed by atoms with E-state index in [1.54, 1.807) is 25.1 Å². The first-order chi connectivity index (χ1) is 9.26. The Morgan fingerprint density at radius 3 is 2.79 bits per heavy atom. The van der Waals surface area contributed by atoms with Gasteiger partial charge in [0.05, 0.1) is 6.61 Å². The molecule has 0 atom stereocenters. The van der Waals surface area contributed by atoms with Gasteiger partial charge in [-0.25, -0.2) is 4.79 Å². The minimum absolute atomic E-state index is 0.0973. The predicted octanol–water partition coefficient (Wildman–Crippen LogP) is 2.95. The van der Waals surface area contributed by atoms with E-state index in [2.05, 4.69) is 10.0 Å². The molecule has 1 aromatic rings. The van der Waals surface area contributed by atoms with Gasteiger partial charge in [0.1, 0.15) is 5.75 Å². The van der Waals surface area contributed by atoms with Gasteiger partial charge in [-0.05, 0) is 30.2 Å². The third kappa shape index (κ3) is 6.14. The van der Waals surface area contributed by atoms with Crippen LogP contribution in [0, 0.1) is 0 Å². The molecular formula is C13H15N3O3. The van der Waals surface area contributed by atoms with Crippen molar-refractivity contribution in [1.29, 1.82) is 0 Å². The van der Waals surface area contributed by atoms with Crippen LogP contribution in [0.1, 0.15) is 12.5 Å². The van der Waals surface area contributed by atoms with Gasteiger partial charge in [0.25, 0.3) is 0 Å². The van der Waals surface area contributed by atoms with E-state index in [1.807, 2.05) is 18.2 Å². The van der Waals surface area contributed by atoms with Crippen molar-refractivity contribution in [3.8, 4) is 5.75 Å². The molecule has 0 aliphatic carbocycles. The molecule has 0 aliphatic rings. The van der Waals surface area contributed by atoms with Crippen molar-refractivity contribution in [2.45, 2.75) is 6.92 Å². The number of carbonyl (C=O) groups is 1. The number of nitrogens with zero attached hydrogens (tertiary/aromatic N) is 3. The highest BCUT2D eigenvalue weighted by Gasteiger charge is 2.02. The predicted molar refractivity (Wildman–Crippen MR) is 71.6 cm³/mol. The van der Waals surface area contributed by atoms with Crippen molar-refractivity contribution in [2.75, 3.05) is 19.8 Å². The number of esters is 1. The molecule has 6 heteroatoms. The quantitative estimate of drug-likeness (QED) is 0.327. The minimum Gasteiger partial charge on any atom is -0.482 e. The number of azide groups is 1. The van der Waals surface area contributed by atoms with Gasteiger partial charge in [-0.1, -0.05) is 29.4 Å². The van der Waals surface area contributed by atoms with E-state index < -0.39 is 0 Å². The van der Waals surface area contributed by atoms with Crippen LogP contribution in [-0.4, -0.2) is 25.7 Å². The molecule has 0 saturated heterocycles. The Labute approximate surface area is 111 Å². The van der Waals surface area contributed by atoms with Crippen LogP contribution < -0.4 is 4.74 Å². The minimum atomic E-state index is -0.388. The van der Waals surface area contributed by atoms with E-state index in [-0.39, 0.29) is 12.6 Å². The maximum absolute atomic E-state index is 11.1. The Kier molecular flexibility index (Phi) is 6.61. The normalized spacial score (nSPS) is 9.95. The number of benzene rings is 1. The first-order valence-electron chi connectivity index (χ1n) is 5.82. The van der Waals surface area contributed by atoms with E-state index >= 15 is 0 Å². The summed E-state index contributed by atoms with van der Waals surface area (Å²) in [7, 11) is 0. The van der Waals surface area contributed by atoms with E-state index in [9.17, 15) is 4.79 Å². The van der Waals surface area contributed by atoms with Crippen molar-refractivity contribution in [1.82, 2.24) is 0 Å². The van der Waals surface area contributed by atoms with Crippen molar-refractivity contribution in [3.63, 3.8) is 0 Å². The fourth-order valence-corrected chi connectivity index (χ4v) is 1.29. The van der Waals surface area contributed by atoms with Crippen LogP contribution in [0.25, 0.3) is 16.5 Å². The molecule has 0 saturated carbocycles. The van der Waals surface area contributed by atoms with Crippen molar-refractivity contribution in [3.05, 3.63) is 46.3 Å². The third-order valence-electron chi connectivity index (χ3n) is 2.10. The summed E-state index contributed by atoms with van der Waals surface area (Å²) in [5.74, 6) is 0.209. The zero-order valence-corrected chi connectivity index (χ0v) is 10.7. The average Bonchev–Trinajstić information content (AvgIpc) is 2.43. The molecular weight excluding hydrogens is 246 g/mol. The second-order valence-corrected chi connectivity index (χ2v) is 3.48. The Morgan fingerprint density at radius 2 is 2.16 bits per heavy atom. The van der Waals surface area contributed by atoms with Gasteiger partial charge in [-0.3, -0.25) is 0 Å². The van der Waals surface area contributed by atoms with E-state index in [0.717, 1.165) is 5.56 Å². The lowest BCUT2D eigenvalue weighted by Crippen LogP contribution is -2.14.